The summed E-state index contributed by atoms with van der Waals surface area (Å²) in [6.07, 6.45) is 5.45. The van der Waals surface area contributed by atoms with Crippen LogP contribution in [0.25, 0.3) is 0 Å². The Morgan fingerprint density at radius 3 is 2.96 bits per heavy atom. The molecule has 1 fully saturated rings. The summed E-state index contributed by atoms with van der Waals surface area (Å²) in [6, 6.07) is 10.7. The lowest BCUT2D eigenvalue weighted by atomic mass is 10.1. The molecule has 1 saturated heterocycles. The number of hydrogen-bond donors (Lipinski definition) is 0. The molecule has 1 aromatic carbocycles. The molecule has 3 heterocycles. The Morgan fingerprint density at radius 2 is 2.13 bits per heavy atom. The second-order valence-electron chi connectivity index (χ2n) is 6.78. The Balaban J connectivity index is 1.36. The van der Waals surface area contributed by atoms with Crippen LogP contribution in [0.1, 0.15) is 23.4 Å². The third-order valence-electron chi connectivity index (χ3n) is 5.10. The maximum absolute atomic E-state index is 5.50. The molecule has 23 heavy (non-hydrogen) atoms. The first-order valence-electron chi connectivity index (χ1n) is 8.75. The quantitative estimate of drug-likeness (QED) is 0.850. The molecule has 0 aliphatic carbocycles. The molecular weight excluding hydrogens is 286 g/mol. The third-order valence-corrected chi connectivity index (χ3v) is 5.10. The third kappa shape index (κ3) is 3.48. The monoisotopic (exact) mass is 311 g/mol. The van der Waals surface area contributed by atoms with Crippen molar-refractivity contribution in [3.05, 3.63) is 53.6 Å². The fourth-order valence-electron chi connectivity index (χ4n) is 3.76. The number of ether oxygens (including phenoxy) is 1. The van der Waals surface area contributed by atoms with Crippen molar-refractivity contribution >= 4 is 0 Å². The van der Waals surface area contributed by atoms with E-state index in [0.717, 1.165) is 58.2 Å². The maximum Gasteiger partial charge on any atom is 0.0952 e. The highest BCUT2D eigenvalue weighted by molar-refractivity contribution is 5.18. The molecule has 0 radical (unpaired) electrons. The van der Waals surface area contributed by atoms with E-state index in [-0.39, 0.29) is 0 Å². The fraction of sp³-hybridized carbons (Fsp3) is 0.526. The van der Waals surface area contributed by atoms with Crippen LogP contribution < -0.4 is 0 Å². The Labute approximate surface area is 138 Å². The van der Waals surface area contributed by atoms with Gasteiger partial charge in [-0.3, -0.25) is 4.90 Å². The lowest BCUT2D eigenvalue weighted by molar-refractivity contribution is 0.161. The van der Waals surface area contributed by atoms with Crippen LogP contribution >= 0.6 is 0 Å². The molecule has 4 rings (SSSR count). The van der Waals surface area contributed by atoms with Crippen LogP contribution in [0, 0.1) is 5.92 Å². The molecule has 0 spiro atoms. The lowest BCUT2D eigenvalue weighted by Gasteiger charge is -2.28. The van der Waals surface area contributed by atoms with E-state index in [1.165, 1.54) is 23.4 Å². The van der Waals surface area contributed by atoms with Crippen LogP contribution in [0.15, 0.2) is 36.7 Å². The molecule has 1 aromatic heterocycles. The number of nitrogens with zero attached hydrogens (tertiary/aromatic N) is 3. The minimum atomic E-state index is 0.719. The number of benzene rings is 1. The average molecular weight is 311 g/mol. The number of hydrogen-bond acceptors (Lipinski definition) is 3. The maximum atomic E-state index is 5.50. The highest BCUT2D eigenvalue weighted by Crippen LogP contribution is 2.21. The van der Waals surface area contributed by atoms with Crippen molar-refractivity contribution in [3.8, 4) is 0 Å². The minimum absolute atomic E-state index is 0.719. The van der Waals surface area contributed by atoms with E-state index in [2.05, 4.69) is 44.8 Å². The highest BCUT2D eigenvalue weighted by atomic mass is 16.5. The zero-order valence-corrected chi connectivity index (χ0v) is 13.7. The van der Waals surface area contributed by atoms with Crippen LogP contribution in [-0.2, 0) is 30.7 Å². The predicted molar refractivity (Wildman–Crippen MR) is 90.3 cm³/mol. The molecule has 2 aliphatic rings. The van der Waals surface area contributed by atoms with Gasteiger partial charge in [0.15, 0.2) is 0 Å². The smallest absolute Gasteiger partial charge is 0.0952 e. The summed E-state index contributed by atoms with van der Waals surface area (Å²) in [5.74, 6) is 0.719. The van der Waals surface area contributed by atoms with Gasteiger partial charge < -0.3 is 9.30 Å². The van der Waals surface area contributed by atoms with Crippen molar-refractivity contribution in [3.63, 3.8) is 0 Å². The number of aryl methyl sites for hydroxylation is 2. The van der Waals surface area contributed by atoms with Gasteiger partial charge in [-0.25, -0.2) is 4.98 Å². The van der Waals surface area contributed by atoms with Crippen molar-refractivity contribution in [2.75, 3.05) is 26.3 Å². The van der Waals surface area contributed by atoms with Crippen LogP contribution in [0.3, 0.4) is 0 Å². The minimum Gasteiger partial charge on any atom is -0.381 e. The zero-order valence-electron chi connectivity index (χ0n) is 13.7. The van der Waals surface area contributed by atoms with Crippen molar-refractivity contribution in [1.82, 2.24) is 14.5 Å². The van der Waals surface area contributed by atoms with Gasteiger partial charge in [-0.1, -0.05) is 30.3 Å². The molecule has 0 bridgehead atoms. The first kappa shape index (κ1) is 14.9. The van der Waals surface area contributed by atoms with Crippen molar-refractivity contribution in [2.24, 2.45) is 5.92 Å². The number of fused-ring (bicyclic) bond motifs is 1. The SMILES string of the molecule is c1ccc(CCn2cnc3c2CCN(CC2CCOC2)C3)cc1. The van der Waals surface area contributed by atoms with E-state index in [0.29, 0.717) is 0 Å². The first-order valence-corrected chi connectivity index (χ1v) is 8.75. The number of rotatable bonds is 5. The average Bonchev–Trinajstić information content (AvgIpc) is 3.23. The molecule has 4 nitrogen and oxygen atoms in total. The van der Waals surface area contributed by atoms with E-state index in [4.69, 9.17) is 4.74 Å². The van der Waals surface area contributed by atoms with E-state index < -0.39 is 0 Å². The zero-order chi connectivity index (χ0) is 15.5. The predicted octanol–water partition coefficient (Wildman–Crippen LogP) is 2.52. The van der Waals surface area contributed by atoms with Gasteiger partial charge in [0.1, 0.15) is 0 Å². The van der Waals surface area contributed by atoms with E-state index in [9.17, 15) is 0 Å². The second-order valence-corrected chi connectivity index (χ2v) is 6.78. The van der Waals surface area contributed by atoms with Gasteiger partial charge in [0.05, 0.1) is 18.6 Å². The molecule has 2 aliphatic heterocycles. The van der Waals surface area contributed by atoms with Gasteiger partial charge in [-0.05, 0) is 24.3 Å². The van der Waals surface area contributed by atoms with Gasteiger partial charge >= 0.3 is 0 Å². The van der Waals surface area contributed by atoms with Crippen molar-refractivity contribution < 1.29 is 4.74 Å². The van der Waals surface area contributed by atoms with Crippen LogP contribution in [0.5, 0.6) is 0 Å². The summed E-state index contributed by atoms with van der Waals surface area (Å²) in [5.41, 5.74) is 4.12. The van der Waals surface area contributed by atoms with Crippen LogP contribution in [0.4, 0.5) is 0 Å². The fourth-order valence-corrected chi connectivity index (χ4v) is 3.76. The summed E-state index contributed by atoms with van der Waals surface area (Å²) >= 11 is 0. The van der Waals surface area contributed by atoms with E-state index >= 15 is 0 Å². The lowest BCUT2D eigenvalue weighted by Crippen LogP contribution is -2.35. The highest BCUT2D eigenvalue weighted by Gasteiger charge is 2.24. The topological polar surface area (TPSA) is 30.3 Å². The van der Waals surface area contributed by atoms with Gasteiger partial charge in [-0.15, -0.1) is 0 Å². The van der Waals surface area contributed by atoms with Gasteiger partial charge in [0, 0.05) is 44.9 Å². The van der Waals surface area contributed by atoms with Crippen LogP contribution in [-0.4, -0.2) is 40.8 Å². The van der Waals surface area contributed by atoms with Crippen molar-refractivity contribution in [1.29, 1.82) is 0 Å². The van der Waals surface area contributed by atoms with E-state index in [1.807, 2.05) is 6.33 Å². The molecule has 0 N–H and O–H groups in total. The number of imidazole rings is 1. The summed E-state index contributed by atoms with van der Waals surface area (Å²) < 4.78 is 7.86. The van der Waals surface area contributed by atoms with E-state index in [1.54, 1.807) is 0 Å². The summed E-state index contributed by atoms with van der Waals surface area (Å²) in [7, 11) is 0. The Hall–Kier alpha value is -1.65. The molecule has 1 unspecified atom stereocenters. The first-order chi connectivity index (χ1) is 11.4. The molecule has 2 aromatic rings. The Morgan fingerprint density at radius 1 is 1.22 bits per heavy atom. The summed E-state index contributed by atoms with van der Waals surface area (Å²) in [5, 5.41) is 0. The van der Waals surface area contributed by atoms with Crippen LogP contribution in [0.2, 0.25) is 0 Å². The second kappa shape index (κ2) is 6.85. The van der Waals surface area contributed by atoms with Gasteiger partial charge in [0.2, 0.25) is 0 Å². The standard InChI is InChI=1S/C19H25N3O/c1-2-4-16(5-3-1)6-10-22-15-20-18-13-21(9-7-19(18)22)12-17-8-11-23-14-17/h1-5,15,17H,6-14H2. The molecule has 4 heteroatoms. The molecule has 0 amide bonds. The molecular formula is C19H25N3O. The van der Waals surface area contributed by atoms with Crippen molar-refractivity contribution in [2.45, 2.75) is 32.4 Å². The Kier molecular flexibility index (Phi) is 4.44. The van der Waals surface area contributed by atoms with Gasteiger partial charge in [-0.2, -0.15) is 0 Å². The number of aromatic nitrogens is 2. The summed E-state index contributed by atoms with van der Waals surface area (Å²) in [6.45, 7) is 6.23. The van der Waals surface area contributed by atoms with Gasteiger partial charge in [0.25, 0.3) is 0 Å². The summed E-state index contributed by atoms with van der Waals surface area (Å²) in [4.78, 5) is 7.24. The molecule has 0 saturated carbocycles. The molecule has 122 valence electrons. The normalized spacial score (nSPS) is 21.5. The molecule has 1 atom stereocenters. The largest absolute Gasteiger partial charge is 0.381 e. The Bertz CT molecular complexity index is 631.